The molecule has 10 rings (SSSR count). The Labute approximate surface area is 234 Å². The summed E-state index contributed by atoms with van der Waals surface area (Å²) in [5.41, 5.74) is 12.7. The Kier molecular flexibility index (Phi) is 3.92. The van der Waals surface area contributed by atoms with Crippen LogP contribution in [0.5, 0.6) is 0 Å². The summed E-state index contributed by atoms with van der Waals surface area (Å²) in [4.78, 5) is 14.4. The first-order valence-electron chi connectivity index (χ1n) is 13.9. The molecule has 0 N–H and O–H groups in total. The van der Waals surface area contributed by atoms with Gasteiger partial charge in [0.15, 0.2) is 0 Å². The van der Waals surface area contributed by atoms with Gasteiger partial charge in [0.05, 0.1) is 28.3 Å². The largest absolute Gasteiger partial charge is 0.309 e. The molecule has 0 bridgehead atoms. The molecule has 5 nitrogen and oxygen atoms in total. The molecule has 0 aliphatic heterocycles. The number of hydrogen-bond acceptors (Lipinski definition) is 3. The van der Waals surface area contributed by atoms with E-state index >= 15 is 0 Å². The molecule has 9 aromatic rings. The molecule has 0 saturated heterocycles. The van der Waals surface area contributed by atoms with Crippen molar-refractivity contribution in [3.05, 3.63) is 127 Å². The summed E-state index contributed by atoms with van der Waals surface area (Å²) in [6, 6.07) is 35.1. The zero-order valence-corrected chi connectivity index (χ0v) is 21.9. The molecular weight excluding hydrogens is 502 g/mol. The first-order chi connectivity index (χ1) is 20.3. The third kappa shape index (κ3) is 2.68. The van der Waals surface area contributed by atoms with Gasteiger partial charge >= 0.3 is 0 Å². The molecular formula is C36H21N5. The highest BCUT2D eigenvalue weighted by molar-refractivity contribution is 6.23. The van der Waals surface area contributed by atoms with Gasteiger partial charge in [-0.1, -0.05) is 54.6 Å². The van der Waals surface area contributed by atoms with Crippen LogP contribution in [0.15, 0.2) is 116 Å². The van der Waals surface area contributed by atoms with Crippen molar-refractivity contribution in [3.63, 3.8) is 0 Å². The number of fused-ring (bicyclic) bond motifs is 15. The maximum absolute atomic E-state index is 5.11. The van der Waals surface area contributed by atoms with E-state index in [1.165, 1.54) is 44.1 Å². The van der Waals surface area contributed by atoms with Crippen molar-refractivity contribution in [1.82, 2.24) is 23.9 Å². The Morgan fingerprint density at radius 1 is 0.610 bits per heavy atom. The summed E-state index contributed by atoms with van der Waals surface area (Å²) in [6.45, 7) is 0. The number of benzene rings is 4. The number of imidazole rings is 1. The minimum atomic E-state index is 0.891. The minimum Gasteiger partial charge on any atom is -0.309 e. The summed E-state index contributed by atoms with van der Waals surface area (Å²) in [5, 5.41) is 5.83. The summed E-state index contributed by atoms with van der Waals surface area (Å²) in [6.07, 6.45) is 6.51. The molecule has 5 aromatic heterocycles. The van der Waals surface area contributed by atoms with Crippen LogP contribution in [0.2, 0.25) is 0 Å². The molecule has 0 saturated carbocycles. The van der Waals surface area contributed by atoms with E-state index in [0.29, 0.717) is 0 Å². The van der Waals surface area contributed by atoms with Gasteiger partial charge in [0, 0.05) is 45.2 Å². The minimum absolute atomic E-state index is 0.891. The standard InChI is InChI=1S/C36H21N5/c1-2-8-23(9-3-1)40-31-19-27-26-11-6-15-38-35(26)41-32-20-37-16-14-30(32)39-36(41)29(27)18-28(31)25-13-12-22-17-21-7-4-5-10-24(21)33(22)34(25)40/h1-16,18-20H,17H2. The Balaban J connectivity index is 1.47. The summed E-state index contributed by atoms with van der Waals surface area (Å²) in [5.74, 6) is 0. The van der Waals surface area contributed by atoms with E-state index < -0.39 is 0 Å². The van der Waals surface area contributed by atoms with Crippen LogP contribution in [0.3, 0.4) is 0 Å². The number of pyridine rings is 3. The topological polar surface area (TPSA) is 48.0 Å². The van der Waals surface area contributed by atoms with E-state index in [4.69, 9.17) is 9.97 Å². The molecule has 0 radical (unpaired) electrons. The average Bonchev–Trinajstić information content (AvgIpc) is 3.70. The van der Waals surface area contributed by atoms with Crippen molar-refractivity contribution in [2.75, 3.05) is 0 Å². The zero-order valence-electron chi connectivity index (χ0n) is 21.9. The fraction of sp³-hybridized carbons (Fsp3) is 0.0278. The third-order valence-electron chi connectivity index (χ3n) is 8.82. The molecule has 0 atom stereocenters. The quantitative estimate of drug-likeness (QED) is 0.204. The number of rotatable bonds is 1. The number of hydrogen-bond donors (Lipinski definition) is 0. The maximum Gasteiger partial charge on any atom is 0.147 e. The Morgan fingerprint density at radius 3 is 2.46 bits per heavy atom. The Morgan fingerprint density at radius 2 is 1.51 bits per heavy atom. The van der Waals surface area contributed by atoms with Gasteiger partial charge in [-0.3, -0.25) is 9.38 Å². The van der Waals surface area contributed by atoms with Crippen LogP contribution in [0, 0.1) is 0 Å². The van der Waals surface area contributed by atoms with Crippen molar-refractivity contribution in [2.45, 2.75) is 6.42 Å². The lowest BCUT2D eigenvalue weighted by Crippen LogP contribution is -1.97. The van der Waals surface area contributed by atoms with Crippen molar-refractivity contribution < 1.29 is 0 Å². The van der Waals surface area contributed by atoms with Crippen molar-refractivity contribution in [3.8, 4) is 16.8 Å². The van der Waals surface area contributed by atoms with Gasteiger partial charge in [-0.15, -0.1) is 0 Å². The third-order valence-corrected chi connectivity index (χ3v) is 8.82. The molecule has 1 aliphatic carbocycles. The highest BCUT2D eigenvalue weighted by Crippen LogP contribution is 2.46. The number of para-hydroxylation sites is 1. The van der Waals surface area contributed by atoms with Crippen molar-refractivity contribution >= 4 is 60.3 Å². The summed E-state index contributed by atoms with van der Waals surface area (Å²) in [7, 11) is 0. The van der Waals surface area contributed by atoms with Gasteiger partial charge in [0.2, 0.25) is 0 Å². The van der Waals surface area contributed by atoms with E-state index in [1.54, 1.807) is 6.20 Å². The fourth-order valence-corrected chi connectivity index (χ4v) is 7.12. The second-order valence-electron chi connectivity index (χ2n) is 10.9. The predicted molar refractivity (Wildman–Crippen MR) is 166 cm³/mol. The molecule has 41 heavy (non-hydrogen) atoms. The number of nitrogens with zero attached hydrogens (tertiary/aromatic N) is 5. The lowest BCUT2D eigenvalue weighted by atomic mass is 10.0. The lowest BCUT2D eigenvalue weighted by molar-refractivity contribution is 1.18. The van der Waals surface area contributed by atoms with Crippen LogP contribution in [-0.4, -0.2) is 23.9 Å². The van der Waals surface area contributed by atoms with Crippen LogP contribution >= 0.6 is 0 Å². The molecule has 0 fully saturated rings. The van der Waals surface area contributed by atoms with E-state index in [1.807, 2.05) is 24.5 Å². The smallest absolute Gasteiger partial charge is 0.147 e. The molecule has 190 valence electrons. The van der Waals surface area contributed by atoms with E-state index in [2.05, 4.69) is 98.9 Å². The van der Waals surface area contributed by atoms with Crippen LogP contribution < -0.4 is 0 Å². The lowest BCUT2D eigenvalue weighted by Gasteiger charge is -2.12. The molecule has 1 aliphatic rings. The van der Waals surface area contributed by atoms with Gasteiger partial charge in [0.25, 0.3) is 0 Å². The van der Waals surface area contributed by atoms with Crippen LogP contribution in [-0.2, 0) is 6.42 Å². The predicted octanol–water partition coefficient (Wildman–Crippen LogP) is 8.25. The average molecular weight is 524 g/mol. The molecule has 4 aromatic carbocycles. The Hall–Kier alpha value is -5.55. The molecule has 5 heterocycles. The van der Waals surface area contributed by atoms with E-state index in [9.17, 15) is 0 Å². The number of aromatic nitrogens is 5. The van der Waals surface area contributed by atoms with Crippen molar-refractivity contribution in [2.24, 2.45) is 0 Å². The molecule has 0 amide bonds. The van der Waals surface area contributed by atoms with Gasteiger partial charge in [-0.2, -0.15) is 0 Å². The first-order valence-corrected chi connectivity index (χ1v) is 13.9. The maximum atomic E-state index is 5.11. The molecule has 0 spiro atoms. The highest BCUT2D eigenvalue weighted by atomic mass is 15.1. The van der Waals surface area contributed by atoms with Crippen LogP contribution in [0.1, 0.15) is 11.1 Å². The second-order valence-corrected chi connectivity index (χ2v) is 10.9. The summed E-state index contributed by atoms with van der Waals surface area (Å²) >= 11 is 0. The zero-order chi connectivity index (χ0) is 26.7. The summed E-state index contributed by atoms with van der Waals surface area (Å²) < 4.78 is 4.62. The monoisotopic (exact) mass is 523 g/mol. The van der Waals surface area contributed by atoms with E-state index in [-0.39, 0.29) is 0 Å². The molecule has 0 unspecified atom stereocenters. The highest BCUT2D eigenvalue weighted by Gasteiger charge is 2.26. The van der Waals surface area contributed by atoms with E-state index in [0.717, 1.165) is 50.6 Å². The molecule has 5 heteroatoms. The second kappa shape index (κ2) is 7.55. The SMILES string of the molecule is c1ccc(-n2c3cc4c5cccnc5n5c6cnccc6nc5c4cc3c3ccc4c(c32)-c2ccccc2C4)cc1. The van der Waals surface area contributed by atoms with Gasteiger partial charge in [0.1, 0.15) is 11.3 Å². The van der Waals surface area contributed by atoms with Gasteiger partial charge < -0.3 is 4.57 Å². The van der Waals surface area contributed by atoms with Gasteiger partial charge in [-0.25, -0.2) is 9.97 Å². The van der Waals surface area contributed by atoms with Crippen LogP contribution in [0.4, 0.5) is 0 Å². The fourth-order valence-electron chi connectivity index (χ4n) is 7.12. The van der Waals surface area contributed by atoms with Crippen molar-refractivity contribution in [1.29, 1.82) is 0 Å². The Bertz CT molecular complexity index is 2550. The van der Waals surface area contributed by atoms with Crippen LogP contribution in [0.25, 0.3) is 77.1 Å². The normalized spacial score (nSPS) is 12.8. The van der Waals surface area contributed by atoms with Gasteiger partial charge in [-0.05, 0) is 71.0 Å². The first kappa shape index (κ1) is 21.3.